The number of carbonyl (C=O) groups excluding carboxylic acids is 1. The van der Waals surface area contributed by atoms with E-state index in [1.54, 1.807) is 32.9 Å². The molecule has 144 valence electrons. The van der Waals surface area contributed by atoms with Crippen molar-refractivity contribution < 1.29 is 14.6 Å². The summed E-state index contributed by atoms with van der Waals surface area (Å²) < 4.78 is 5.33. The Labute approximate surface area is 162 Å². The average Bonchev–Trinajstić information content (AvgIpc) is 2.66. The largest absolute Gasteiger partial charge is 0.508 e. The quantitative estimate of drug-likeness (QED) is 0.716. The normalized spacial score (nSPS) is 12.2. The fourth-order valence-electron chi connectivity index (χ4n) is 2.44. The molecule has 2 aromatic carbocycles. The smallest absolute Gasteiger partial charge is 0.408 e. The van der Waals surface area contributed by atoms with Crippen LogP contribution in [0.1, 0.15) is 38.2 Å². The third kappa shape index (κ3) is 5.00. The van der Waals surface area contributed by atoms with Gasteiger partial charge in [-0.2, -0.15) is 0 Å². The van der Waals surface area contributed by atoms with Crippen LogP contribution in [-0.4, -0.2) is 37.2 Å². The highest BCUT2D eigenvalue weighted by Gasteiger charge is 2.24. The number of carbonyl (C=O) groups is 1. The molecule has 8 nitrogen and oxygen atoms in total. The lowest BCUT2D eigenvalue weighted by atomic mass is 10.1. The summed E-state index contributed by atoms with van der Waals surface area (Å²) in [7, 11) is 0. The summed E-state index contributed by atoms with van der Waals surface area (Å²) in [4.78, 5) is 12.3. The van der Waals surface area contributed by atoms with Crippen LogP contribution in [0.5, 0.6) is 5.75 Å². The Morgan fingerprint density at radius 2 is 1.57 bits per heavy atom. The minimum Gasteiger partial charge on any atom is -0.508 e. The van der Waals surface area contributed by atoms with Gasteiger partial charge < -0.3 is 15.2 Å². The number of phenolic OH excluding ortho intramolecular Hbond substituents is 1. The van der Waals surface area contributed by atoms with E-state index in [1.165, 1.54) is 12.1 Å². The average molecular weight is 379 g/mol. The molecule has 3 rings (SSSR count). The summed E-state index contributed by atoms with van der Waals surface area (Å²) >= 11 is 0. The molecule has 2 N–H and O–H groups in total. The van der Waals surface area contributed by atoms with E-state index in [2.05, 4.69) is 25.7 Å². The van der Waals surface area contributed by atoms with Crippen molar-refractivity contribution in [3.05, 3.63) is 66.0 Å². The molecule has 1 amide bonds. The molecule has 0 fully saturated rings. The predicted octanol–water partition coefficient (Wildman–Crippen LogP) is 3.25. The molecule has 0 bridgehead atoms. The molecular weight excluding hydrogens is 358 g/mol. The lowest BCUT2D eigenvalue weighted by molar-refractivity contribution is 0.0510. The number of nitrogens with zero attached hydrogens (tertiary/aromatic N) is 4. The van der Waals surface area contributed by atoms with Gasteiger partial charge in [-0.1, -0.05) is 42.5 Å². The number of hydrogen-bond donors (Lipinski definition) is 2. The minimum atomic E-state index is -0.736. The van der Waals surface area contributed by atoms with Crippen LogP contribution in [0.25, 0.3) is 11.4 Å². The van der Waals surface area contributed by atoms with Gasteiger partial charge in [0.05, 0.1) is 0 Å². The van der Waals surface area contributed by atoms with E-state index >= 15 is 0 Å². The zero-order valence-electron chi connectivity index (χ0n) is 15.8. The first-order valence-corrected chi connectivity index (χ1v) is 8.73. The van der Waals surface area contributed by atoms with Gasteiger partial charge in [-0.05, 0) is 38.5 Å². The highest BCUT2D eigenvalue weighted by molar-refractivity contribution is 5.69. The van der Waals surface area contributed by atoms with Gasteiger partial charge in [0.2, 0.25) is 5.82 Å². The molecule has 1 aromatic heterocycles. The van der Waals surface area contributed by atoms with Crippen LogP contribution >= 0.6 is 0 Å². The minimum absolute atomic E-state index is 0.108. The molecule has 3 aromatic rings. The second-order valence-electron chi connectivity index (χ2n) is 7.12. The summed E-state index contributed by atoms with van der Waals surface area (Å²) in [5.74, 6) is 0.693. The van der Waals surface area contributed by atoms with Gasteiger partial charge >= 0.3 is 6.09 Å². The van der Waals surface area contributed by atoms with Crippen molar-refractivity contribution in [2.45, 2.75) is 32.4 Å². The summed E-state index contributed by atoms with van der Waals surface area (Å²) in [5.41, 5.74) is 0.785. The SMILES string of the molecule is CC(C)(C)OC(=O)NC(c1ccc(O)cc1)c1nnc(-c2ccccc2)nn1. The van der Waals surface area contributed by atoms with E-state index in [0.29, 0.717) is 11.4 Å². The fourth-order valence-corrected chi connectivity index (χ4v) is 2.44. The first-order chi connectivity index (χ1) is 13.3. The molecule has 8 heteroatoms. The number of rotatable bonds is 4. The van der Waals surface area contributed by atoms with Crippen LogP contribution in [0.2, 0.25) is 0 Å². The van der Waals surface area contributed by atoms with Crippen LogP contribution in [0.4, 0.5) is 4.79 Å². The zero-order valence-corrected chi connectivity index (χ0v) is 15.8. The Balaban J connectivity index is 1.90. The molecule has 28 heavy (non-hydrogen) atoms. The van der Waals surface area contributed by atoms with Gasteiger partial charge in [-0.3, -0.25) is 0 Å². The van der Waals surface area contributed by atoms with Crippen molar-refractivity contribution in [2.75, 3.05) is 0 Å². The van der Waals surface area contributed by atoms with Gasteiger partial charge in [0.15, 0.2) is 5.82 Å². The van der Waals surface area contributed by atoms with Crippen molar-refractivity contribution in [3.8, 4) is 17.1 Å². The molecule has 0 radical (unpaired) electrons. The molecule has 0 aliphatic rings. The first-order valence-electron chi connectivity index (χ1n) is 8.73. The highest BCUT2D eigenvalue weighted by atomic mass is 16.6. The Morgan fingerprint density at radius 3 is 2.14 bits per heavy atom. The second kappa shape index (κ2) is 7.99. The van der Waals surface area contributed by atoms with Crippen molar-refractivity contribution in [1.82, 2.24) is 25.7 Å². The van der Waals surface area contributed by atoms with Crippen molar-refractivity contribution in [2.24, 2.45) is 0 Å². The Hall–Kier alpha value is -3.55. The first kappa shape index (κ1) is 19.2. The third-order valence-electron chi connectivity index (χ3n) is 3.67. The zero-order chi connectivity index (χ0) is 20.1. The van der Waals surface area contributed by atoms with Crippen LogP contribution in [0.15, 0.2) is 54.6 Å². The van der Waals surface area contributed by atoms with Crippen LogP contribution in [0, 0.1) is 0 Å². The highest BCUT2D eigenvalue weighted by Crippen LogP contribution is 2.22. The molecule has 1 heterocycles. The number of amides is 1. The number of nitrogens with one attached hydrogen (secondary N) is 1. The Morgan fingerprint density at radius 1 is 0.964 bits per heavy atom. The topological polar surface area (TPSA) is 110 Å². The predicted molar refractivity (Wildman–Crippen MR) is 102 cm³/mol. The molecule has 0 saturated carbocycles. The van der Waals surface area contributed by atoms with Crippen LogP contribution < -0.4 is 5.32 Å². The maximum Gasteiger partial charge on any atom is 0.408 e. The lowest BCUT2D eigenvalue weighted by Crippen LogP contribution is -2.36. The van der Waals surface area contributed by atoms with E-state index in [4.69, 9.17) is 4.74 Å². The summed E-state index contributed by atoms with van der Waals surface area (Å²) in [5, 5.41) is 28.8. The number of benzene rings is 2. The number of ether oxygens (including phenoxy) is 1. The van der Waals surface area contributed by atoms with Crippen molar-refractivity contribution in [3.63, 3.8) is 0 Å². The van der Waals surface area contributed by atoms with E-state index in [-0.39, 0.29) is 11.6 Å². The monoisotopic (exact) mass is 379 g/mol. The molecule has 0 aliphatic heterocycles. The van der Waals surface area contributed by atoms with Crippen LogP contribution in [0.3, 0.4) is 0 Å². The van der Waals surface area contributed by atoms with Gasteiger partial charge in [-0.15, -0.1) is 20.4 Å². The van der Waals surface area contributed by atoms with E-state index in [0.717, 1.165) is 5.56 Å². The van der Waals surface area contributed by atoms with Crippen molar-refractivity contribution in [1.29, 1.82) is 0 Å². The third-order valence-corrected chi connectivity index (χ3v) is 3.67. The van der Waals surface area contributed by atoms with Crippen molar-refractivity contribution >= 4 is 6.09 Å². The van der Waals surface area contributed by atoms with Gasteiger partial charge in [-0.25, -0.2) is 4.79 Å². The van der Waals surface area contributed by atoms with Gasteiger partial charge in [0.1, 0.15) is 17.4 Å². The number of aromatic nitrogens is 4. The Kier molecular flexibility index (Phi) is 5.49. The standard InChI is InChI=1S/C20H21N5O3/c1-20(2,3)28-19(27)21-16(13-9-11-15(26)12-10-13)18-24-22-17(23-25-18)14-7-5-4-6-8-14/h4-12,16,26H,1-3H3,(H,21,27). The Bertz CT molecular complexity index is 923. The number of hydrogen-bond acceptors (Lipinski definition) is 7. The maximum absolute atomic E-state index is 12.3. The number of phenols is 1. The number of alkyl carbamates (subject to hydrolysis) is 1. The summed E-state index contributed by atoms with van der Waals surface area (Å²) in [6.45, 7) is 5.32. The summed E-state index contributed by atoms with van der Waals surface area (Å²) in [6.07, 6.45) is -0.624. The van der Waals surface area contributed by atoms with Gasteiger partial charge in [0, 0.05) is 5.56 Å². The molecule has 0 spiro atoms. The second-order valence-corrected chi connectivity index (χ2v) is 7.12. The molecule has 0 saturated heterocycles. The van der Waals surface area contributed by atoms with Gasteiger partial charge in [0.25, 0.3) is 0 Å². The number of aromatic hydroxyl groups is 1. The molecular formula is C20H21N5O3. The molecule has 1 atom stereocenters. The van der Waals surface area contributed by atoms with E-state index < -0.39 is 17.7 Å². The fraction of sp³-hybridized carbons (Fsp3) is 0.250. The summed E-state index contributed by atoms with van der Waals surface area (Å²) in [6, 6.07) is 15.0. The van der Waals surface area contributed by atoms with E-state index in [1.807, 2.05) is 30.3 Å². The van der Waals surface area contributed by atoms with E-state index in [9.17, 15) is 9.90 Å². The molecule has 0 aliphatic carbocycles. The maximum atomic E-state index is 12.3. The van der Waals surface area contributed by atoms with Crippen LogP contribution in [-0.2, 0) is 4.74 Å². The molecule has 1 unspecified atom stereocenters. The lowest BCUT2D eigenvalue weighted by Gasteiger charge is -2.23.